The monoisotopic (exact) mass is 358 g/mol. The van der Waals surface area contributed by atoms with E-state index < -0.39 is 0 Å². The van der Waals surface area contributed by atoms with Crippen LogP contribution in [0.15, 0.2) is 28.8 Å². The van der Waals surface area contributed by atoms with E-state index >= 15 is 0 Å². The van der Waals surface area contributed by atoms with Crippen LogP contribution in [0.5, 0.6) is 0 Å². The van der Waals surface area contributed by atoms with Gasteiger partial charge >= 0.3 is 0 Å². The zero-order chi connectivity index (χ0) is 17.1. The van der Waals surface area contributed by atoms with E-state index in [1.54, 1.807) is 23.2 Å². The molecule has 1 aliphatic carbocycles. The Kier molecular flexibility index (Phi) is 5.27. The third-order valence-corrected chi connectivity index (χ3v) is 6.67. The van der Waals surface area contributed by atoms with Crippen LogP contribution in [0.4, 0.5) is 0 Å². The van der Waals surface area contributed by atoms with Gasteiger partial charge in [0.1, 0.15) is 0 Å². The Morgan fingerprint density at radius 3 is 2.72 bits per heavy atom. The fourth-order valence-corrected chi connectivity index (χ4v) is 5.09. The Balaban J connectivity index is 1.27. The van der Waals surface area contributed by atoms with Crippen molar-refractivity contribution in [3.8, 4) is 0 Å². The lowest BCUT2D eigenvalue weighted by atomic mass is 9.96. The van der Waals surface area contributed by atoms with Crippen molar-refractivity contribution in [3.63, 3.8) is 0 Å². The molecule has 2 aliphatic rings. The van der Waals surface area contributed by atoms with Crippen molar-refractivity contribution in [2.24, 2.45) is 5.92 Å². The summed E-state index contributed by atoms with van der Waals surface area (Å²) in [6.07, 6.45) is 10.9. The summed E-state index contributed by atoms with van der Waals surface area (Å²) in [6.45, 7) is 3.96. The van der Waals surface area contributed by atoms with E-state index in [1.807, 2.05) is 11.3 Å². The van der Waals surface area contributed by atoms with Gasteiger partial charge in [-0.05, 0) is 44.7 Å². The van der Waals surface area contributed by atoms with E-state index in [-0.39, 0.29) is 5.56 Å². The number of hydrogen-bond acceptors (Lipinski definition) is 5. The molecule has 0 unspecified atom stereocenters. The minimum absolute atomic E-state index is 0.0549. The maximum Gasteiger partial charge on any atom is 0.253 e. The third kappa shape index (κ3) is 4.18. The molecule has 0 bridgehead atoms. The molecule has 1 aliphatic heterocycles. The first-order valence-corrected chi connectivity index (χ1v) is 10.3. The topological polar surface area (TPSA) is 51.0 Å². The van der Waals surface area contributed by atoms with Crippen LogP contribution in [-0.4, -0.2) is 32.5 Å². The summed E-state index contributed by atoms with van der Waals surface area (Å²) in [5.74, 6) is 1.30. The second kappa shape index (κ2) is 7.79. The van der Waals surface area contributed by atoms with Crippen molar-refractivity contribution < 1.29 is 0 Å². The Labute approximate surface area is 152 Å². The summed E-state index contributed by atoms with van der Waals surface area (Å²) in [5.41, 5.74) is 1.30. The SMILES string of the molecule is O=c1ccncn1CC1CCN(Cc2csc(C3CCCC3)n2)CC1. The molecule has 4 rings (SSSR count). The molecule has 6 heteroatoms. The molecular formula is C19H26N4OS. The van der Waals surface area contributed by atoms with Crippen LogP contribution in [0.2, 0.25) is 0 Å². The summed E-state index contributed by atoms with van der Waals surface area (Å²) < 4.78 is 1.74. The lowest BCUT2D eigenvalue weighted by molar-refractivity contribution is 0.165. The van der Waals surface area contributed by atoms with E-state index in [1.165, 1.54) is 36.4 Å². The minimum Gasteiger partial charge on any atom is -0.299 e. The highest BCUT2D eigenvalue weighted by Gasteiger charge is 2.23. The summed E-state index contributed by atoms with van der Waals surface area (Å²) in [4.78, 5) is 23.3. The van der Waals surface area contributed by atoms with Gasteiger partial charge in [-0.2, -0.15) is 0 Å². The predicted molar refractivity (Wildman–Crippen MR) is 99.8 cm³/mol. The van der Waals surface area contributed by atoms with E-state index in [0.29, 0.717) is 5.92 Å². The minimum atomic E-state index is 0.0549. The summed E-state index contributed by atoms with van der Waals surface area (Å²) in [7, 11) is 0. The van der Waals surface area contributed by atoms with Gasteiger partial charge in [0, 0.05) is 36.7 Å². The molecule has 1 saturated heterocycles. The van der Waals surface area contributed by atoms with Gasteiger partial charge in [-0.3, -0.25) is 14.3 Å². The van der Waals surface area contributed by atoms with Crippen LogP contribution in [-0.2, 0) is 13.1 Å². The highest BCUT2D eigenvalue weighted by Crippen LogP contribution is 2.35. The van der Waals surface area contributed by atoms with Crippen LogP contribution < -0.4 is 5.56 Å². The first-order valence-electron chi connectivity index (χ1n) is 9.45. The maximum atomic E-state index is 11.8. The molecule has 0 aromatic carbocycles. The van der Waals surface area contributed by atoms with Gasteiger partial charge in [0.2, 0.25) is 0 Å². The molecule has 25 heavy (non-hydrogen) atoms. The predicted octanol–water partition coefficient (Wildman–Crippen LogP) is 3.27. The number of rotatable bonds is 5. The average molecular weight is 359 g/mol. The van der Waals surface area contributed by atoms with Gasteiger partial charge in [0.25, 0.3) is 5.56 Å². The number of hydrogen-bond donors (Lipinski definition) is 0. The lowest BCUT2D eigenvalue weighted by Gasteiger charge is -2.31. The molecule has 0 radical (unpaired) electrons. The van der Waals surface area contributed by atoms with Gasteiger partial charge in [-0.15, -0.1) is 11.3 Å². The van der Waals surface area contributed by atoms with Gasteiger partial charge in [-0.1, -0.05) is 12.8 Å². The normalized spacial score (nSPS) is 20.3. The summed E-state index contributed by atoms with van der Waals surface area (Å²) in [5, 5.41) is 3.62. The molecule has 0 N–H and O–H groups in total. The Morgan fingerprint density at radius 1 is 1.16 bits per heavy atom. The molecule has 1 saturated carbocycles. The molecule has 2 aromatic heterocycles. The van der Waals surface area contributed by atoms with E-state index in [2.05, 4.69) is 15.3 Å². The smallest absolute Gasteiger partial charge is 0.253 e. The summed E-state index contributed by atoms with van der Waals surface area (Å²) >= 11 is 1.86. The first-order chi connectivity index (χ1) is 12.3. The highest BCUT2D eigenvalue weighted by atomic mass is 32.1. The summed E-state index contributed by atoms with van der Waals surface area (Å²) in [6, 6.07) is 1.54. The molecule has 0 amide bonds. The van der Waals surface area contributed by atoms with E-state index in [4.69, 9.17) is 4.98 Å². The Bertz CT molecular complexity index is 742. The van der Waals surface area contributed by atoms with Crippen LogP contribution in [0.25, 0.3) is 0 Å². The number of likely N-dealkylation sites (tertiary alicyclic amines) is 1. The number of thiazole rings is 1. The number of piperidine rings is 1. The van der Waals surface area contributed by atoms with Gasteiger partial charge < -0.3 is 0 Å². The second-order valence-corrected chi connectivity index (χ2v) is 8.34. The molecule has 0 atom stereocenters. The molecule has 0 spiro atoms. The molecule has 3 heterocycles. The number of aromatic nitrogens is 3. The first kappa shape index (κ1) is 16.9. The van der Waals surface area contributed by atoms with Gasteiger partial charge in [-0.25, -0.2) is 9.97 Å². The standard InChI is InChI=1S/C19H26N4OS/c24-18-5-8-20-14-23(18)11-15-6-9-22(10-7-15)12-17-13-25-19(21-17)16-3-1-2-4-16/h5,8,13-16H,1-4,6-7,9-12H2. The molecule has 5 nitrogen and oxygen atoms in total. The number of nitrogens with zero attached hydrogens (tertiary/aromatic N) is 4. The van der Waals surface area contributed by atoms with Crippen molar-refractivity contribution in [1.29, 1.82) is 0 Å². The second-order valence-electron chi connectivity index (χ2n) is 7.45. The maximum absolute atomic E-state index is 11.8. The fraction of sp³-hybridized carbons (Fsp3) is 0.632. The van der Waals surface area contributed by atoms with Crippen molar-refractivity contribution in [1.82, 2.24) is 19.4 Å². The van der Waals surface area contributed by atoms with Gasteiger partial charge in [0.15, 0.2) is 0 Å². The van der Waals surface area contributed by atoms with Crippen LogP contribution in [0.3, 0.4) is 0 Å². The highest BCUT2D eigenvalue weighted by molar-refractivity contribution is 7.09. The van der Waals surface area contributed by atoms with Crippen molar-refractivity contribution in [2.45, 2.75) is 57.5 Å². The third-order valence-electron chi connectivity index (χ3n) is 5.61. The van der Waals surface area contributed by atoms with E-state index in [0.717, 1.165) is 44.9 Å². The van der Waals surface area contributed by atoms with E-state index in [9.17, 15) is 4.79 Å². The Morgan fingerprint density at radius 2 is 1.96 bits per heavy atom. The van der Waals surface area contributed by atoms with Crippen LogP contribution in [0.1, 0.15) is 55.1 Å². The molecular weight excluding hydrogens is 332 g/mol. The van der Waals surface area contributed by atoms with Gasteiger partial charge in [0.05, 0.1) is 17.0 Å². The zero-order valence-electron chi connectivity index (χ0n) is 14.6. The lowest BCUT2D eigenvalue weighted by Crippen LogP contribution is -2.36. The van der Waals surface area contributed by atoms with Crippen LogP contribution >= 0.6 is 11.3 Å². The van der Waals surface area contributed by atoms with Crippen LogP contribution in [0, 0.1) is 5.92 Å². The van der Waals surface area contributed by atoms with Crippen molar-refractivity contribution >= 4 is 11.3 Å². The fourth-order valence-electron chi connectivity index (χ4n) is 4.11. The van der Waals surface area contributed by atoms with Crippen molar-refractivity contribution in [3.05, 3.63) is 45.0 Å². The molecule has 2 aromatic rings. The largest absolute Gasteiger partial charge is 0.299 e. The zero-order valence-corrected chi connectivity index (χ0v) is 15.5. The molecule has 2 fully saturated rings. The average Bonchev–Trinajstić information content (AvgIpc) is 3.30. The van der Waals surface area contributed by atoms with Crippen molar-refractivity contribution in [2.75, 3.05) is 13.1 Å². The molecule has 134 valence electrons. The Hall–Kier alpha value is -1.53. The quantitative estimate of drug-likeness (QED) is 0.823.